The number of alkyl halides is 1. The maximum atomic E-state index is 13.8. The van der Waals surface area contributed by atoms with Gasteiger partial charge in [-0.2, -0.15) is 0 Å². The normalized spacial score (nSPS) is 14.8. The topological polar surface area (TPSA) is 30.7 Å². The van der Waals surface area contributed by atoms with Gasteiger partial charge in [-0.15, -0.1) is 21.8 Å². The van der Waals surface area contributed by atoms with Crippen molar-refractivity contribution in [3.8, 4) is 11.4 Å². The van der Waals surface area contributed by atoms with Gasteiger partial charge in [0.2, 0.25) is 5.82 Å². The summed E-state index contributed by atoms with van der Waals surface area (Å²) in [5.41, 5.74) is -1.08. The first-order valence-corrected chi connectivity index (χ1v) is 6.52. The van der Waals surface area contributed by atoms with Crippen molar-refractivity contribution in [2.45, 2.75) is 24.8 Å². The highest BCUT2D eigenvalue weighted by atomic mass is 35.5. The summed E-state index contributed by atoms with van der Waals surface area (Å²) in [5, 5.41) is 7.19. The number of aromatic nitrogens is 3. The SMILES string of the molecule is Fc1c(F)c(F)c(-c2nnc(CCl)n2C2CC2)c(F)c1F. The monoisotopic (exact) mass is 323 g/mol. The van der Waals surface area contributed by atoms with Gasteiger partial charge in [-0.3, -0.25) is 0 Å². The minimum Gasteiger partial charge on any atom is -0.307 e. The molecule has 0 bridgehead atoms. The second-order valence-corrected chi connectivity index (χ2v) is 4.89. The Morgan fingerprint density at radius 2 is 1.43 bits per heavy atom. The van der Waals surface area contributed by atoms with E-state index in [-0.39, 0.29) is 17.7 Å². The lowest BCUT2D eigenvalue weighted by Gasteiger charge is -2.10. The van der Waals surface area contributed by atoms with Gasteiger partial charge in [0.25, 0.3) is 0 Å². The van der Waals surface area contributed by atoms with Crippen LogP contribution < -0.4 is 0 Å². The number of hydrogen-bond acceptors (Lipinski definition) is 2. The lowest BCUT2D eigenvalue weighted by atomic mass is 10.1. The average molecular weight is 324 g/mol. The molecule has 3 nitrogen and oxygen atoms in total. The second kappa shape index (κ2) is 4.94. The molecule has 1 aromatic heterocycles. The van der Waals surface area contributed by atoms with Gasteiger partial charge >= 0.3 is 0 Å². The fraction of sp³-hybridized carbons (Fsp3) is 0.333. The predicted octanol–water partition coefficient (Wildman–Crippen LogP) is 3.71. The summed E-state index contributed by atoms with van der Waals surface area (Å²) in [6.07, 6.45) is 1.40. The van der Waals surface area contributed by atoms with Crippen molar-refractivity contribution in [2.75, 3.05) is 0 Å². The van der Waals surface area contributed by atoms with Crippen molar-refractivity contribution in [2.24, 2.45) is 0 Å². The van der Waals surface area contributed by atoms with E-state index in [1.165, 1.54) is 4.57 Å². The molecule has 0 spiro atoms. The third kappa shape index (κ3) is 2.08. The number of nitrogens with zero attached hydrogens (tertiary/aromatic N) is 3. The van der Waals surface area contributed by atoms with E-state index in [0.29, 0.717) is 12.8 Å². The predicted molar refractivity (Wildman–Crippen MR) is 63.1 cm³/mol. The third-order valence-corrected chi connectivity index (χ3v) is 3.47. The first-order valence-electron chi connectivity index (χ1n) is 5.98. The molecule has 0 radical (unpaired) electrons. The molecule has 1 aromatic carbocycles. The molecule has 3 rings (SSSR count). The first kappa shape index (κ1) is 14.2. The molecule has 1 aliphatic rings. The van der Waals surface area contributed by atoms with Crippen molar-refractivity contribution in [1.82, 2.24) is 14.8 Å². The van der Waals surface area contributed by atoms with Gasteiger partial charge in [0, 0.05) is 6.04 Å². The van der Waals surface area contributed by atoms with Gasteiger partial charge in [-0.25, -0.2) is 22.0 Å². The van der Waals surface area contributed by atoms with Crippen LogP contribution in [0.25, 0.3) is 11.4 Å². The lowest BCUT2D eigenvalue weighted by Crippen LogP contribution is -2.09. The zero-order valence-corrected chi connectivity index (χ0v) is 11.1. The van der Waals surface area contributed by atoms with Crippen molar-refractivity contribution < 1.29 is 22.0 Å². The zero-order valence-electron chi connectivity index (χ0n) is 10.3. The van der Waals surface area contributed by atoms with Gasteiger partial charge in [0.05, 0.1) is 11.4 Å². The summed E-state index contributed by atoms with van der Waals surface area (Å²) >= 11 is 5.65. The van der Waals surface area contributed by atoms with E-state index in [1.807, 2.05) is 0 Å². The number of benzene rings is 1. The molecule has 2 aromatic rings. The van der Waals surface area contributed by atoms with Gasteiger partial charge in [0.15, 0.2) is 29.1 Å². The summed E-state index contributed by atoms with van der Waals surface area (Å²) < 4.78 is 68.6. The van der Waals surface area contributed by atoms with E-state index in [4.69, 9.17) is 11.6 Å². The molecule has 1 fully saturated rings. The standard InChI is InChI=1S/C12H7ClF5N3/c13-3-5-19-20-12(21(5)4-1-2-4)6-7(14)9(16)11(18)10(17)8(6)15/h4H,1-3H2. The highest BCUT2D eigenvalue weighted by Gasteiger charge is 2.34. The van der Waals surface area contributed by atoms with Crippen LogP contribution in [0.3, 0.4) is 0 Å². The number of rotatable bonds is 3. The highest BCUT2D eigenvalue weighted by molar-refractivity contribution is 6.16. The molecular weight excluding hydrogens is 317 g/mol. The fourth-order valence-corrected chi connectivity index (χ4v) is 2.29. The minimum absolute atomic E-state index is 0.0844. The molecule has 0 saturated heterocycles. The van der Waals surface area contributed by atoms with E-state index in [2.05, 4.69) is 10.2 Å². The van der Waals surface area contributed by atoms with Gasteiger partial charge in [0.1, 0.15) is 5.82 Å². The van der Waals surface area contributed by atoms with Crippen molar-refractivity contribution in [3.05, 3.63) is 34.9 Å². The Morgan fingerprint density at radius 1 is 0.905 bits per heavy atom. The first-order chi connectivity index (χ1) is 9.97. The van der Waals surface area contributed by atoms with Crippen LogP contribution in [0.15, 0.2) is 0 Å². The second-order valence-electron chi connectivity index (χ2n) is 4.62. The zero-order chi connectivity index (χ0) is 15.3. The molecule has 1 saturated carbocycles. The number of hydrogen-bond donors (Lipinski definition) is 0. The molecule has 1 heterocycles. The van der Waals surface area contributed by atoms with Crippen LogP contribution in [0, 0.1) is 29.1 Å². The van der Waals surface area contributed by atoms with Crippen LogP contribution in [0.1, 0.15) is 24.7 Å². The van der Waals surface area contributed by atoms with Crippen molar-refractivity contribution in [1.29, 1.82) is 0 Å². The Balaban J connectivity index is 2.29. The van der Waals surface area contributed by atoms with E-state index < -0.39 is 40.5 Å². The molecule has 1 aliphatic carbocycles. The molecule has 21 heavy (non-hydrogen) atoms. The number of halogens is 6. The van der Waals surface area contributed by atoms with E-state index >= 15 is 0 Å². The molecule has 9 heteroatoms. The van der Waals surface area contributed by atoms with E-state index in [0.717, 1.165) is 0 Å². The molecule has 0 atom stereocenters. The lowest BCUT2D eigenvalue weighted by molar-refractivity contribution is 0.380. The Labute approximate surface area is 120 Å². The van der Waals surface area contributed by atoms with Gasteiger partial charge in [-0.1, -0.05) is 0 Å². The van der Waals surface area contributed by atoms with Crippen LogP contribution in [0.2, 0.25) is 0 Å². The van der Waals surface area contributed by atoms with Crippen molar-refractivity contribution in [3.63, 3.8) is 0 Å². The van der Waals surface area contributed by atoms with Crippen LogP contribution >= 0.6 is 11.6 Å². The van der Waals surface area contributed by atoms with Gasteiger partial charge in [-0.05, 0) is 12.8 Å². The quantitative estimate of drug-likeness (QED) is 0.373. The molecule has 0 amide bonds. The maximum absolute atomic E-state index is 13.8. The smallest absolute Gasteiger partial charge is 0.200 e. The summed E-state index contributed by atoms with van der Waals surface area (Å²) in [6.45, 7) is 0. The minimum atomic E-state index is -2.20. The van der Waals surface area contributed by atoms with Crippen molar-refractivity contribution >= 4 is 11.6 Å². The largest absolute Gasteiger partial charge is 0.307 e. The molecule has 0 aliphatic heterocycles. The molecular formula is C12H7ClF5N3. The Morgan fingerprint density at radius 3 is 1.90 bits per heavy atom. The van der Waals surface area contributed by atoms with E-state index in [9.17, 15) is 22.0 Å². The van der Waals surface area contributed by atoms with Crippen LogP contribution in [0.5, 0.6) is 0 Å². The van der Waals surface area contributed by atoms with Crippen LogP contribution in [-0.4, -0.2) is 14.8 Å². The summed E-state index contributed by atoms with van der Waals surface area (Å²) in [4.78, 5) is 0. The van der Waals surface area contributed by atoms with E-state index in [1.54, 1.807) is 0 Å². The summed E-state index contributed by atoms with van der Waals surface area (Å²) in [5.74, 6) is -10.4. The molecule has 112 valence electrons. The summed E-state index contributed by atoms with van der Waals surface area (Å²) in [7, 11) is 0. The van der Waals surface area contributed by atoms with Crippen LogP contribution in [0.4, 0.5) is 22.0 Å². The van der Waals surface area contributed by atoms with Crippen LogP contribution in [-0.2, 0) is 5.88 Å². The Hall–Kier alpha value is -1.70. The maximum Gasteiger partial charge on any atom is 0.200 e. The summed E-state index contributed by atoms with van der Waals surface area (Å²) in [6, 6.07) is -0.140. The Kier molecular flexibility index (Phi) is 3.35. The molecule has 0 unspecified atom stereocenters. The Bertz CT molecular complexity index is 697. The average Bonchev–Trinajstić information content (AvgIpc) is 3.23. The van der Waals surface area contributed by atoms with Gasteiger partial charge < -0.3 is 4.57 Å². The third-order valence-electron chi connectivity index (χ3n) is 3.23. The highest BCUT2D eigenvalue weighted by Crippen LogP contribution is 2.41. The molecule has 0 N–H and O–H groups in total. The fourth-order valence-electron chi connectivity index (χ4n) is 2.10.